The van der Waals surface area contributed by atoms with Crippen LogP contribution >= 0.6 is 11.8 Å². The number of carbonyl (C=O) groups is 2. The normalized spacial score (nSPS) is 10.5. The Morgan fingerprint density at radius 2 is 1.63 bits per heavy atom. The Balaban J connectivity index is 1.52. The molecule has 3 rings (SSSR count). The van der Waals surface area contributed by atoms with Crippen LogP contribution in [0.4, 0.5) is 5.69 Å². The molecular formula is C25H25NO3S. The Hall–Kier alpha value is -3.05. The van der Waals surface area contributed by atoms with Crippen molar-refractivity contribution in [2.24, 2.45) is 0 Å². The van der Waals surface area contributed by atoms with Gasteiger partial charge in [-0.2, -0.15) is 0 Å². The second-order valence-electron chi connectivity index (χ2n) is 7.03. The number of benzene rings is 3. The van der Waals surface area contributed by atoms with Gasteiger partial charge in [0, 0.05) is 27.5 Å². The topological polar surface area (TPSA) is 55.4 Å². The van der Waals surface area contributed by atoms with Crippen LogP contribution in [0.5, 0.6) is 5.75 Å². The number of hydrogen-bond acceptors (Lipinski definition) is 4. The third kappa shape index (κ3) is 5.97. The first-order valence-electron chi connectivity index (χ1n) is 9.85. The van der Waals surface area contributed by atoms with Crippen LogP contribution < -0.4 is 10.1 Å². The van der Waals surface area contributed by atoms with Gasteiger partial charge in [-0.25, -0.2) is 0 Å². The molecule has 0 aliphatic carbocycles. The Morgan fingerprint density at radius 3 is 2.30 bits per heavy atom. The van der Waals surface area contributed by atoms with Crippen LogP contribution in [0.3, 0.4) is 0 Å². The van der Waals surface area contributed by atoms with Gasteiger partial charge in [-0.05, 0) is 79.6 Å². The highest BCUT2D eigenvalue weighted by molar-refractivity contribution is 7.99. The maximum atomic E-state index is 12.2. The molecule has 154 valence electrons. The van der Waals surface area contributed by atoms with E-state index in [0.29, 0.717) is 17.7 Å². The predicted octanol–water partition coefficient (Wildman–Crippen LogP) is 6.06. The molecule has 1 N–H and O–H groups in total. The summed E-state index contributed by atoms with van der Waals surface area (Å²) in [6.45, 7) is 5.92. The van der Waals surface area contributed by atoms with Crippen molar-refractivity contribution in [1.29, 1.82) is 0 Å². The zero-order chi connectivity index (χ0) is 21.5. The second-order valence-corrected chi connectivity index (χ2v) is 8.15. The highest BCUT2D eigenvalue weighted by atomic mass is 32.2. The molecule has 0 aliphatic heterocycles. The smallest absolute Gasteiger partial charge is 0.262 e. The van der Waals surface area contributed by atoms with Gasteiger partial charge in [-0.3, -0.25) is 9.59 Å². The van der Waals surface area contributed by atoms with Crippen molar-refractivity contribution in [2.75, 3.05) is 11.9 Å². The van der Waals surface area contributed by atoms with Crippen molar-refractivity contribution in [1.82, 2.24) is 0 Å². The molecule has 0 saturated carbocycles. The van der Waals surface area contributed by atoms with Crippen LogP contribution in [0.2, 0.25) is 0 Å². The number of rotatable bonds is 8. The van der Waals surface area contributed by atoms with Crippen LogP contribution in [-0.4, -0.2) is 18.3 Å². The molecule has 0 atom stereocenters. The number of ketones is 1. The summed E-state index contributed by atoms with van der Waals surface area (Å²) in [6, 6.07) is 21.0. The van der Waals surface area contributed by atoms with Crippen LogP contribution in [-0.2, 0) is 4.79 Å². The summed E-state index contributed by atoms with van der Waals surface area (Å²) < 4.78 is 5.51. The molecule has 30 heavy (non-hydrogen) atoms. The molecular weight excluding hydrogens is 394 g/mol. The maximum absolute atomic E-state index is 12.2. The van der Waals surface area contributed by atoms with Crippen molar-refractivity contribution < 1.29 is 14.3 Å². The number of ether oxygens (including phenoxy) is 1. The van der Waals surface area contributed by atoms with Crippen LogP contribution in [0.25, 0.3) is 0 Å². The second kappa shape index (κ2) is 10.1. The fourth-order valence-electron chi connectivity index (χ4n) is 2.84. The molecule has 0 aromatic heterocycles. The van der Waals surface area contributed by atoms with Crippen molar-refractivity contribution in [3.63, 3.8) is 0 Å². The van der Waals surface area contributed by atoms with Crippen molar-refractivity contribution in [3.8, 4) is 5.75 Å². The highest BCUT2D eigenvalue weighted by Gasteiger charge is 2.07. The number of hydrogen-bond donors (Lipinski definition) is 1. The van der Waals surface area contributed by atoms with Gasteiger partial charge in [0.05, 0.1) is 0 Å². The monoisotopic (exact) mass is 419 g/mol. The number of Topliss-reactive ketones (excluding diaryl/α,β-unsaturated/α-hetero) is 1. The molecule has 0 aliphatic rings. The Labute approximate surface area is 181 Å². The van der Waals surface area contributed by atoms with Crippen LogP contribution in [0, 0.1) is 13.8 Å². The maximum Gasteiger partial charge on any atom is 0.262 e. The van der Waals surface area contributed by atoms with Gasteiger partial charge in [-0.15, -0.1) is 0 Å². The van der Waals surface area contributed by atoms with E-state index in [1.165, 1.54) is 16.0 Å². The molecule has 0 spiro atoms. The number of nitrogens with one attached hydrogen (secondary N) is 1. The van der Waals surface area contributed by atoms with E-state index in [1.807, 2.05) is 31.2 Å². The third-order valence-electron chi connectivity index (χ3n) is 4.58. The summed E-state index contributed by atoms with van der Waals surface area (Å²) in [7, 11) is 0. The molecule has 0 saturated heterocycles. The van der Waals surface area contributed by atoms with Crippen molar-refractivity contribution >= 4 is 29.1 Å². The van der Waals surface area contributed by atoms with Crippen LogP contribution in [0.15, 0.2) is 76.5 Å². The van der Waals surface area contributed by atoms with E-state index in [1.54, 1.807) is 36.0 Å². The number of amides is 1. The molecule has 0 bridgehead atoms. The SMILES string of the molecule is CCC(=O)c1ccc(OCC(=O)Nc2ccc(Sc3cc(C)ccc3C)cc2)cc1. The molecule has 3 aromatic carbocycles. The van der Waals surface area contributed by atoms with Gasteiger partial charge in [0.1, 0.15) is 5.75 Å². The summed E-state index contributed by atoms with van der Waals surface area (Å²) in [6.07, 6.45) is 0.463. The van der Waals surface area contributed by atoms with E-state index in [0.717, 1.165) is 10.6 Å². The molecule has 4 nitrogen and oxygen atoms in total. The van der Waals surface area contributed by atoms with Crippen molar-refractivity contribution in [2.45, 2.75) is 37.0 Å². The van der Waals surface area contributed by atoms with E-state index in [4.69, 9.17) is 4.74 Å². The van der Waals surface area contributed by atoms with Gasteiger partial charge in [0.15, 0.2) is 12.4 Å². The molecule has 3 aromatic rings. The molecule has 0 radical (unpaired) electrons. The standard InChI is InChI=1S/C25H25NO3S/c1-4-23(27)19-7-11-21(12-8-19)29-16-25(28)26-20-9-13-22(14-10-20)30-24-15-17(2)5-6-18(24)3/h5-15H,4,16H2,1-3H3,(H,26,28). The molecule has 0 fully saturated rings. The Kier molecular flexibility index (Phi) is 7.31. The minimum absolute atomic E-state index is 0.0819. The quantitative estimate of drug-likeness (QED) is 0.451. The minimum atomic E-state index is -0.237. The van der Waals surface area contributed by atoms with E-state index in [9.17, 15) is 9.59 Å². The third-order valence-corrected chi connectivity index (χ3v) is 5.74. The van der Waals surface area contributed by atoms with E-state index in [-0.39, 0.29) is 18.3 Å². The molecule has 0 unspecified atom stereocenters. The summed E-state index contributed by atoms with van der Waals surface area (Å²) >= 11 is 1.71. The lowest BCUT2D eigenvalue weighted by Crippen LogP contribution is -2.20. The summed E-state index contributed by atoms with van der Waals surface area (Å²) in [4.78, 5) is 26.2. The molecule has 5 heteroatoms. The Morgan fingerprint density at radius 1 is 0.933 bits per heavy atom. The van der Waals surface area contributed by atoms with E-state index >= 15 is 0 Å². The zero-order valence-electron chi connectivity index (χ0n) is 17.4. The molecule has 1 amide bonds. The van der Waals surface area contributed by atoms with Gasteiger partial charge in [0.2, 0.25) is 0 Å². The average Bonchev–Trinajstić information content (AvgIpc) is 2.76. The van der Waals surface area contributed by atoms with Crippen molar-refractivity contribution in [3.05, 3.63) is 83.4 Å². The Bertz CT molecular complexity index is 1030. The first-order chi connectivity index (χ1) is 14.4. The van der Waals surface area contributed by atoms with E-state index < -0.39 is 0 Å². The zero-order valence-corrected chi connectivity index (χ0v) is 18.2. The average molecular weight is 420 g/mol. The summed E-state index contributed by atoms with van der Waals surface area (Å²) in [5.74, 6) is 0.398. The number of anilines is 1. The lowest BCUT2D eigenvalue weighted by molar-refractivity contribution is -0.118. The first kappa shape index (κ1) is 21.7. The fourth-order valence-corrected chi connectivity index (χ4v) is 3.84. The predicted molar refractivity (Wildman–Crippen MR) is 122 cm³/mol. The van der Waals surface area contributed by atoms with Gasteiger partial charge in [-0.1, -0.05) is 30.8 Å². The summed E-state index contributed by atoms with van der Waals surface area (Å²) in [5, 5.41) is 2.84. The fraction of sp³-hybridized carbons (Fsp3) is 0.200. The summed E-state index contributed by atoms with van der Waals surface area (Å²) in [5.41, 5.74) is 3.84. The van der Waals surface area contributed by atoms with Gasteiger partial charge >= 0.3 is 0 Å². The van der Waals surface area contributed by atoms with Crippen LogP contribution in [0.1, 0.15) is 34.8 Å². The molecule has 0 heterocycles. The highest BCUT2D eigenvalue weighted by Crippen LogP contribution is 2.31. The first-order valence-corrected chi connectivity index (χ1v) is 10.7. The lowest BCUT2D eigenvalue weighted by Gasteiger charge is -2.10. The number of aryl methyl sites for hydroxylation is 2. The van der Waals surface area contributed by atoms with E-state index in [2.05, 4.69) is 37.4 Å². The minimum Gasteiger partial charge on any atom is -0.484 e. The van der Waals surface area contributed by atoms with Gasteiger partial charge in [0.25, 0.3) is 5.91 Å². The lowest BCUT2D eigenvalue weighted by atomic mass is 10.1. The van der Waals surface area contributed by atoms with Gasteiger partial charge < -0.3 is 10.1 Å². The number of carbonyl (C=O) groups excluding carboxylic acids is 2. The largest absolute Gasteiger partial charge is 0.484 e.